The van der Waals surface area contributed by atoms with Gasteiger partial charge in [-0.3, -0.25) is 0 Å². The van der Waals surface area contributed by atoms with E-state index >= 15 is 0 Å². The molecule has 0 N–H and O–H groups in total. The van der Waals surface area contributed by atoms with Crippen molar-refractivity contribution in [1.29, 1.82) is 0 Å². The number of rotatable bonds is 2. The zero-order chi connectivity index (χ0) is 20.5. The van der Waals surface area contributed by atoms with E-state index in [1.165, 1.54) is 0 Å². The van der Waals surface area contributed by atoms with Crippen LogP contribution in [0.3, 0.4) is 0 Å². The molecule has 2 nitrogen and oxygen atoms in total. The molecule has 0 amide bonds. The molecule has 0 aromatic heterocycles. The van der Waals surface area contributed by atoms with Crippen molar-refractivity contribution in [3.63, 3.8) is 0 Å². The lowest BCUT2D eigenvalue weighted by Crippen LogP contribution is -1.62. The monoisotopic (exact) mass is 333 g/mol. The van der Waals surface area contributed by atoms with E-state index in [4.69, 9.17) is 1.37 Å². The van der Waals surface area contributed by atoms with Gasteiger partial charge in [0.2, 0.25) is 0 Å². The van der Waals surface area contributed by atoms with Crippen molar-refractivity contribution in [2.75, 3.05) is 0 Å². The van der Waals surface area contributed by atoms with Crippen molar-refractivity contribution in [1.82, 2.24) is 0 Å². The predicted octanol–water partition coefficient (Wildman–Crippen LogP) is 9.23. The lowest BCUT2D eigenvalue weighted by molar-refractivity contribution is 1.23. The Balaban J connectivity index is -0.000000191. The van der Waals surface area contributed by atoms with Crippen LogP contribution in [0, 0.1) is 0 Å². The maximum Gasteiger partial charge on any atom is 0.0857 e. The topological polar surface area (TPSA) is 24.7 Å². The van der Waals surface area contributed by atoms with Crippen LogP contribution in [0.2, 0.25) is 0 Å². The van der Waals surface area contributed by atoms with Crippen LogP contribution in [0.25, 0.3) is 0 Å². The molecule has 0 radical (unpaired) electrons. The molecule has 0 aliphatic rings. The van der Waals surface area contributed by atoms with Gasteiger partial charge in [0.1, 0.15) is 0 Å². The van der Waals surface area contributed by atoms with Gasteiger partial charge in [0.05, 0.1) is 12.7 Å². The van der Waals surface area contributed by atoms with Crippen molar-refractivity contribution in [2.45, 2.75) is 69.2 Å². The number of azo groups is 1. The molecular formula is C22H40N2. The second kappa shape index (κ2) is 32.8. The first kappa shape index (κ1) is 26.9. The third-order valence-corrected chi connectivity index (χ3v) is 1.74. The SMILES string of the molecule is CC.CC.CC.CC.CC.[2H]c1ccc(N=Nc2ccccc2)cc1. The van der Waals surface area contributed by atoms with E-state index in [2.05, 4.69) is 10.2 Å². The van der Waals surface area contributed by atoms with E-state index in [1.807, 2.05) is 99.6 Å². The number of benzene rings is 2. The Morgan fingerprint density at radius 3 is 1.12 bits per heavy atom. The molecule has 2 aromatic rings. The third kappa shape index (κ3) is 20.0. The summed E-state index contributed by atoms with van der Waals surface area (Å²) in [5, 5.41) is 8.13. The minimum Gasteiger partial charge on any atom is -0.151 e. The molecule has 0 aliphatic heterocycles. The van der Waals surface area contributed by atoms with Crippen LogP contribution < -0.4 is 0 Å². The summed E-state index contributed by atoms with van der Waals surface area (Å²) in [6, 6.07) is 17.0. The molecule has 0 saturated carbocycles. The molecule has 138 valence electrons. The van der Waals surface area contributed by atoms with E-state index < -0.39 is 0 Å². The van der Waals surface area contributed by atoms with Gasteiger partial charge in [-0.05, 0) is 24.3 Å². The van der Waals surface area contributed by atoms with E-state index in [0.717, 1.165) is 11.4 Å². The number of nitrogens with zero attached hydrogens (tertiary/aromatic N) is 2. The molecule has 0 aliphatic carbocycles. The zero-order valence-electron chi connectivity index (χ0n) is 18.6. The largest absolute Gasteiger partial charge is 0.151 e. The summed E-state index contributed by atoms with van der Waals surface area (Å²) in [6.07, 6.45) is 0. The predicted molar refractivity (Wildman–Crippen MR) is 114 cm³/mol. The van der Waals surface area contributed by atoms with Gasteiger partial charge in [0.25, 0.3) is 0 Å². The van der Waals surface area contributed by atoms with Crippen LogP contribution in [0.1, 0.15) is 70.6 Å². The zero-order valence-corrected chi connectivity index (χ0v) is 17.6. The highest BCUT2D eigenvalue weighted by atomic mass is 15.1. The van der Waals surface area contributed by atoms with E-state index in [0.29, 0.717) is 6.04 Å². The molecule has 0 unspecified atom stereocenters. The fourth-order valence-electron chi connectivity index (χ4n) is 1.05. The Labute approximate surface area is 153 Å². The quantitative estimate of drug-likeness (QED) is 0.489. The van der Waals surface area contributed by atoms with Gasteiger partial charge in [-0.1, -0.05) is 106 Å². The second-order valence-electron chi connectivity index (χ2n) is 2.79. The highest BCUT2D eigenvalue weighted by Crippen LogP contribution is 2.16. The van der Waals surface area contributed by atoms with Crippen molar-refractivity contribution >= 4 is 11.4 Å². The van der Waals surface area contributed by atoms with Crippen LogP contribution >= 0.6 is 0 Å². The lowest BCUT2D eigenvalue weighted by Gasteiger charge is -1.91. The number of hydrogen-bond donors (Lipinski definition) is 0. The summed E-state index contributed by atoms with van der Waals surface area (Å²) in [4.78, 5) is 0. The minimum absolute atomic E-state index is 0.480. The van der Waals surface area contributed by atoms with Gasteiger partial charge in [-0.15, -0.1) is 0 Å². The molecular weight excluding hydrogens is 292 g/mol. The average Bonchev–Trinajstić information content (AvgIpc) is 2.76. The molecule has 24 heavy (non-hydrogen) atoms. The lowest BCUT2D eigenvalue weighted by atomic mass is 10.3. The molecule has 0 fully saturated rings. The Bertz CT molecular complexity index is 451. The first-order chi connectivity index (χ1) is 12.3. The summed E-state index contributed by atoms with van der Waals surface area (Å²) >= 11 is 0. The Morgan fingerprint density at radius 2 is 0.792 bits per heavy atom. The smallest absolute Gasteiger partial charge is 0.0857 e. The summed E-state index contributed by atoms with van der Waals surface area (Å²) in [6.45, 7) is 20.0. The Kier molecular flexibility index (Phi) is 36.8. The van der Waals surface area contributed by atoms with Gasteiger partial charge in [0, 0.05) is 0 Å². The molecule has 2 heteroatoms. The molecule has 2 aromatic carbocycles. The van der Waals surface area contributed by atoms with E-state index in [9.17, 15) is 0 Å². The molecule has 0 heterocycles. The van der Waals surface area contributed by atoms with Gasteiger partial charge in [-0.2, -0.15) is 10.2 Å². The Morgan fingerprint density at radius 1 is 0.500 bits per heavy atom. The van der Waals surface area contributed by atoms with Gasteiger partial charge in [-0.25, -0.2) is 0 Å². The molecule has 0 spiro atoms. The average molecular weight is 334 g/mol. The van der Waals surface area contributed by atoms with Crippen LogP contribution in [0.4, 0.5) is 11.4 Å². The Hall–Kier alpha value is -1.96. The third-order valence-electron chi connectivity index (χ3n) is 1.74. The van der Waals surface area contributed by atoms with E-state index in [-0.39, 0.29) is 0 Å². The van der Waals surface area contributed by atoms with Gasteiger partial charge < -0.3 is 0 Å². The standard InChI is InChI=1S/C12H10N2.5C2H6/c1-3-7-11(8-4-1)13-14-12-9-5-2-6-10-12;5*1-2/h1-10H;5*1-2H3/i1D;;;;;. The van der Waals surface area contributed by atoms with Crippen molar-refractivity contribution in [3.8, 4) is 0 Å². The fraction of sp³-hybridized carbons (Fsp3) is 0.455. The van der Waals surface area contributed by atoms with E-state index in [1.54, 1.807) is 24.3 Å². The highest BCUT2D eigenvalue weighted by Gasteiger charge is 1.86. The first-order valence-electron chi connectivity index (χ1n) is 9.88. The summed E-state index contributed by atoms with van der Waals surface area (Å²) in [5.41, 5.74) is 1.59. The number of hydrogen-bond acceptors (Lipinski definition) is 2. The van der Waals surface area contributed by atoms with Crippen LogP contribution in [-0.2, 0) is 0 Å². The van der Waals surface area contributed by atoms with Crippen molar-refractivity contribution in [3.05, 3.63) is 60.6 Å². The van der Waals surface area contributed by atoms with Crippen LogP contribution in [0.5, 0.6) is 0 Å². The summed E-state index contributed by atoms with van der Waals surface area (Å²) < 4.78 is 7.32. The highest BCUT2D eigenvalue weighted by molar-refractivity contribution is 5.39. The maximum atomic E-state index is 7.32. The maximum absolute atomic E-state index is 7.32. The molecule has 2 rings (SSSR count). The second-order valence-corrected chi connectivity index (χ2v) is 2.79. The fourth-order valence-corrected chi connectivity index (χ4v) is 1.05. The minimum atomic E-state index is 0.480. The molecule has 0 bridgehead atoms. The van der Waals surface area contributed by atoms with Crippen LogP contribution in [-0.4, -0.2) is 0 Å². The first-order valence-corrected chi connectivity index (χ1v) is 9.38. The summed E-state index contributed by atoms with van der Waals surface area (Å²) in [5.74, 6) is 0. The van der Waals surface area contributed by atoms with Crippen molar-refractivity contribution < 1.29 is 1.37 Å². The molecule has 0 saturated heterocycles. The molecule has 0 atom stereocenters. The van der Waals surface area contributed by atoms with Gasteiger partial charge in [0.15, 0.2) is 0 Å². The summed E-state index contributed by atoms with van der Waals surface area (Å²) in [7, 11) is 0. The normalized spacial score (nSPS) is 8.00. The van der Waals surface area contributed by atoms with Crippen molar-refractivity contribution in [2.24, 2.45) is 10.2 Å². The van der Waals surface area contributed by atoms with Gasteiger partial charge >= 0.3 is 0 Å². The van der Waals surface area contributed by atoms with Crippen LogP contribution in [0.15, 0.2) is 70.9 Å².